The normalized spacial score (nSPS) is 12.4. The summed E-state index contributed by atoms with van der Waals surface area (Å²) in [5.74, 6) is 0.655. The van der Waals surface area contributed by atoms with Crippen LogP contribution in [0.15, 0.2) is 23.1 Å². The highest BCUT2D eigenvalue weighted by atomic mass is 35.5. The Kier molecular flexibility index (Phi) is 5.16. The van der Waals surface area contributed by atoms with Crippen LogP contribution in [0.4, 0.5) is 0 Å². The highest BCUT2D eigenvalue weighted by Gasteiger charge is 2.10. The van der Waals surface area contributed by atoms with Crippen molar-refractivity contribution >= 4 is 29.3 Å². The standard InChI is InChI=1S/C12H15ClO2S/c1-3-8(2)7-16-9-4-5-11(13)10(6-9)12(14)15/h4-6,8H,3,7H2,1-2H3,(H,14,15). The second kappa shape index (κ2) is 6.16. The maximum absolute atomic E-state index is 10.9. The number of carboxylic acid groups (broad SMARTS) is 1. The quantitative estimate of drug-likeness (QED) is 0.805. The maximum Gasteiger partial charge on any atom is 0.337 e. The summed E-state index contributed by atoms with van der Waals surface area (Å²) >= 11 is 7.46. The van der Waals surface area contributed by atoms with E-state index in [0.717, 1.165) is 17.1 Å². The van der Waals surface area contributed by atoms with Crippen LogP contribution in [0.1, 0.15) is 30.6 Å². The van der Waals surface area contributed by atoms with Gasteiger partial charge in [-0.15, -0.1) is 11.8 Å². The molecule has 1 N–H and O–H groups in total. The first-order valence-corrected chi connectivity index (χ1v) is 6.56. The third-order valence-corrected chi connectivity index (χ3v) is 4.05. The van der Waals surface area contributed by atoms with Crippen molar-refractivity contribution in [2.45, 2.75) is 25.2 Å². The monoisotopic (exact) mass is 258 g/mol. The van der Waals surface area contributed by atoms with E-state index in [1.54, 1.807) is 23.9 Å². The molecule has 0 radical (unpaired) electrons. The number of aromatic carboxylic acids is 1. The van der Waals surface area contributed by atoms with Crippen LogP contribution >= 0.6 is 23.4 Å². The lowest BCUT2D eigenvalue weighted by Gasteiger charge is -2.08. The van der Waals surface area contributed by atoms with Crippen LogP contribution in [0.5, 0.6) is 0 Å². The summed E-state index contributed by atoms with van der Waals surface area (Å²) in [5.41, 5.74) is 0.177. The number of hydrogen-bond acceptors (Lipinski definition) is 2. The van der Waals surface area contributed by atoms with Gasteiger partial charge in [0, 0.05) is 10.6 Å². The first kappa shape index (κ1) is 13.4. The minimum absolute atomic E-state index is 0.177. The SMILES string of the molecule is CCC(C)CSc1ccc(Cl)c(C(=O)O)c1. The molecule has 1 aromatic carbocycles. The van der Waals surface area contributed by atoms with E-state index in [0.29, 0.717) is 10.9 Å². The molecule has 0 aliphatic heterocycles. The van der Waals surface area contributed by atoms with E-state index in [1.807, 2.05) is 6.07 Å². The van der Waals surface area contributed by atoms with Gasteiger partial charge in [0.2, 0.25) is 0 Å². The lowest BCUT2D eigenvalue weighted by molar-refractivity contribution is 0.0697. The predicted molar refractivity (Wildman–Crippen MR) is 68.6 cm³/mol. The Morgan fingerprint density at radius 1 is 1.56 bits per heavy atom. The minimum atomic E-state index is -0.976. The van der Waals surface area contributed by atoms with Crippen LogP contribution in [0.3, 0.4) is 0 Å². The molecule has 0 spiro atoms. The van der Waals surface area contributed by atoms with Crippen molar-refractivity contribution in [3.63, 3.8) is 0 Å². The molecule has 2 nitrogen and oxygen atoms in total. The Hall–Kier alpha value is -0.670. The van der Waals surface area contributed by atoms with Gasteiger partial charge < -0.3 is 5.11 Å². The molecule has 0 amide bonds. The Morgan fingerprint density at radius 2 is 2.25 bits per heavy atom. The van der Waals surface area contributed by atoms with Crippen molar-refractivity contribution in [2.75, 3.05) is 5.75 Å². The second-order valence-electron chi connectivity index (χ2n) is 3.77. The smallest absolute Gasteiger partial charge is 0.337 e. The van der Waals surface area contributed by atoms with E-state index in [4.69, 9.17) is 16.7 Å². The molecule has 0 aliphatic carbocycles. The van der Waals surface area contributed by atoms with Gasteiger partial charge in [-0.2, -0.15) is 0 Å². The average Bonchev–Trinajstić information content (AvgIpc) is 2.27. The molecule has 4 heteroatoms. The fourth-order valence-electron chi connectivity index (χ4n) is 1.11. The van der Waals surface area contributed by atoms with Gasteiger partial charge in [0.25, 0.3) is 0 Å². The first-order valence-electron chi connectivity index (χ1n) is 5.20. The van der Waals surface area contributed by atoms with Gasteiger partial charge >= 0.3 is 5.97 Å². The zero-order valence-corrected chi connectivity index (χ0v) is 10.9. The lowest BCUT2D eigenvalue weighted by Crippen LogP contribution is -1.99. The maximum atomic E-state index is 10.9. The van der Waals surface area contributed by atoms with Gasteiger partial charge in [0.15, 0.2) is 0 Å². The molecule has 1 atom stereocenters. The van der Waals surface area contributed by atoms with Gasteiger partial charge in [-0.05, 0) is 24.1 Å². The fraction of sp³-hybridized carbons (Fsp3) is 0.417. The van der Waals surface area contributed by atoms with Gasteiger partial charge in [-0.1, -0.05) is 31.9 Å². The number of halogens is 1. The summed E-state index contributed by atoms with van der Waals surface area (Å²) < 4.78 is 0. The number of rotatable bonds is 5. The van der Waals surface area contributed by atoms with Gasteiger partial charge in [-0.25, -0.2) is 4.79 Å². The zero-order chi connectivity index (χ0) is 12.1. The van der Waals surface area contributed by atoms with Gasteiger partial charge in [0.1, 0.15) is 0 Å². The first-order chi connectivity index (χ1) is 7.54. The molecule has 0 fully saturated rings. The van der Waals surface area contributed by atoms with E-state index in [-0.39, 0.29) is 5.56 Å². The molecular formula is C12H15ClO2S. The van der Waals surface area contributed by atoms with Crippen LogP contribution in [0.25, 0.3) is 0 Å². The second-order valence-corrected chi connectivity index (χ2v) is 5.27. The van der Waals surface area contributed by atoms with E-state index in [9.17, 15) is 4.79 Å². The summed E-state index contributed by atoms with van der Waals surface area (Å²) in [6.07, 6.45) is 1.13. The van der Waals surface area contributed by atoms with E-state index in [2.05, 4.69) is 13.8 Å². The van der Waals surface area contributed by atoms with E-state index < -0.39 is 5.97 Å². The van der Waals surface area contributed by atoms with Crippen molar-refractivity contribution in [2.24, 2.45) is 5.92 Å². The third-order valence-electron chi connectivity index (χ3n) is 2.40. The molecule has 0 saturated heterocycles. The molecule has 1 aromatic rings. The zero-order valence-electron chi connectivity index (χ0n) is 9.37. The van der Waals surface area contributed by atoms with Crippen LogP contribution in [0.2, 0.25) is 5.02 Å². The third kappa shape index (κ3) is 3.72. The van der Waals surface area contributed by atoms with Crippen LogP contribution in [-0.2, 0) is 0 Å². The van der Waals surface area contributed by atoms with Crippen molar-refractivity contribution in [3.05, 3.63) is 28.8 Å². The Labute approximate surface area is 105 Å². The van der Waals surface area contributed by atoms with Gasteiger partial charge in [0.05, 0.1) is 10.6 Å². The minimum Gasteiger partial charge on any atom is -0.478 e. The van der Waals surface area contributed by atoms with Crippen molar-refractivity contribution in [1.82, 2.24) is 0 Å². The van der Waals surface area contributed by atoms with Crippen molar-refractivity contribution in [3.8, 4) is 0 Å². The molecule has 1 rings (SSSR count). The summed E-state index contributed by atoms with van der Waals surface area (Å²) in [6.45, 7) is 4.33. The fourth-order valence-corrected chi connectivity index (χ4v) is 2.39. The summed E-state index contributed by atoms with van der Waals surface area (Å²) in [6, 6.07) is 5.14. The largest absolute Gasteiger partial charge is 0.478 e. The topological polar surface area (TPSA) is 37.3 Å². The molecule has 0 aromatic heterocycles. The highest BCUT2D eigenvalue weighted by Crippen LogP contribution is 2.26. The molecule has 0 bridgehead atoms. The van der Waals surface area contributed by atoms with Crippen LogP contribution < -0.4 is 0 Å². The Morgan fingerprint density at radius 3 is 2.81 bits per heavy atom. The average molecular weight is 259 g/mol. The van der Waals surface area contributed by atoms with Crippen LogP contribution in [0, 0.1) is 5.92 Å². The summed E-state index contributed by atoms with van der Waals surface area (Å²) in [7, 11) is 0. The molecule has 0 saturated carbocycles. The molecule has 16 heavy (non-hydrogen) atoms. The molecular weight excluding hydrogens is 244 g/mol. The van der Waals surface area contributed by atoms with Crippen molar-refractivity contribution < 1.29 is 9.90 Å². The van der Waals surface area contributed by atoms with E-state index in [1.165, 1.54) is 0 Å². The lowest BCUT2D eigenvalue weighted by atomic mass is 10.2. The summed E-state index contributed by atoms with van der Waals surface area (Å²) in [4.78, 5) is 11.8. The number of carbonyl (C=O) groups is 1. The van der Waals surface area contributed by atoms with E-state index >= 15 is 0 Å². The highest BCUT2D eigenvalue weighted by molar-refractivity contribution is 7.99. The van der Waals surface area contributed by atoms with Crippen molar-refractivity contribution in [1.29, 1.82) is 0 Å². The molecule has 0 heterocycles. The summed E-state index contributed by atoms with van der Waals surface area (Å²) in [5, 5.41) is 9.21. The number of benzene rings is 1. The van der Waals surface area contributed by atoms with Gasteiger partial charge in [-0.3, -0.25) is 0 Å². The molecule has 88 valence electrons. The molecule has 1 unspecified atom stereocenters. The number of carboxylic acids is 1. The Bertz CT molecular complexity index is 379. The van der Waals surface area contributed by atoms with Crippen LogP contribution in [-0.4, -0.2) is 16.8 Å². The number of hydrogen-bond donors (Lipinski definition) is 1. The number of thioether (sulfide) groups is 1. The molecule has 0 aliphatic rings. The predicted octanol–water partition coefficient (Wildman–Crippen LogP) is 4.18. The Balaban J connectivity index is 2.75.